The van der Waals surface area contributed by atoms with Gasteiger partial charge in [-0.05, 0) is 0 Å². The third kappa shape index (κ3) is 2.50. The molecule has 104 valence electrons. The number of amides is 4. The second kappa shape index (κ2) is 4.84. The van der Waals surface area contributed by atoms with Crippen LogP contribution >= 0.6 is 0 Å². The van der Waals surface area contributed by atoms with Crippen molar-refractivity contribution in [2.45, 2.75) is 18.6 Å². The Labute approximate surface area is 107 Å². The number of aliphatic hydroxyl groups is 1. The van der Waals surface area contributed by atoms with E-state index in [1.165, 1.54) is 0 Å². The van der Waals surface area contributed by atoms with Crippen LogP contribution in [0, 0.1) is 0 Å². The monoisotopic (exact) mass is 271 g/mol. The quantitative estimate of drug-likeness (QED) is 0.490. The van der Waals surface area contributed by atoms with Crippen molar-refractivity contribution in [1.29, 1.82) is 0 Å². The minimum atomic E-state index is -1.22. The van der Waals surface area contributed by atoms with E-state index in [2.05, 4.69) is 5.32 Å². The van der Waals surface area contributed by atoms with E-state index >= 15 is 0 Å². The maximum absolute atomic E-state index is 11.9. The highest BCUT2D eigenvalue weighted by Gasteiger charge is 2.40. The Balaban J connectivity index is 2.05. The first kappa shape index (κ1) is 13.3. The zero-order chi connectivity index (χ0) is 14.2. The van der Waals surface area contributed by atoms with Gasteiger partial charge in [0.25, 0.3) is 5.91 Å². The van der Waals surface area contributed by atoms with Crippen molar-refractivity contribution in [2.24, 2.45) is 0 Å². The van der Waals surface area contributed by atoms with Gasteiger partial charge in [0.15, 0.2) is 0 Å². The van der Waals surface area contributed by atoms with Crippen LogP contribution in [0.25, 0.3) is 0 Å². The molecule has 2 rings (SSSR count). The van der Waals surface area contributed by atoms with Gasteiger partial charge in [0.2, 0.25) is 5.91 Å². The van der Waals surface area contributed by atoms with Crippen molar-refractivity contribution in [2.75, 3.05) is 19.6 Å². The van der Waals surface area contributed by atoms with Crippen molar-refractivity contribution in [3.8, 4) is 0 Å². The number of nitrogens with one attached hydrogen (secondary N) is 1. The van der Waals surface area contributed by atoms with Crippen molar-refractivity contribution < 1.29 is 29.4 Å². The van der Waals surface area contributed by atoms with Gasteiger partial charge >= 0.3 is 12.0 Å². The number of nitrogens with zero attached hydrogens (tertiary/aromatic N) is 2. The Bertz CT molecular complexity index is 435. The van der Waals surface area contributed by atoms with E-state index in [0.717, 1.165) is 9.80 Å². The SMILES string of the molecule is O=C(O)[C@@H]1CC(O)CN1C(=O)CN1C(=O)CNC1=O. The molecule has 3 N–H and O–H groups in total. The van der Waals surface area contributed by atoms with Gasteiger partial charge < -0.3 is 20.4 Å². The molecule has 2 atom stereocenters. The van der Waals surface area contributed by atoms with Gasteiger partial charge in [0.1, 0.15) is 12.6 Å². The highest BCUT2D eigenvalue weighted by Crippen LogP contribution is 2.18. The Hall–Kier alpha value is -2.16. The lowest BCUT2D eigenvalue weighted by Gasteiger charge is -2.23. The minimum Gasteiger partial charge on any atom is -0.480 e. The van der Waals surface area contributed by atoms with Crippen molar-refractivity contribution in [3.05, 3.63) is 0 Å². The third-order valence-electron chi connectivity index (χ3n) is 3.11. The number of likely N-dealkylation sites (tertiary alicyclic amines) is 1. The molecule has 9 nitrogen and oxygen atoms in total. The number of aliphatic hydroxyl groups excluding tert-OH is 1. The average molecular weight is 271 g/mol. The van der Waals surface area contributed by atoms with Crippen LogP contribution in [0.5, 0.6) is 0 Å². The number of hydrogen-bond acceptors (Lipinski definition) is 5. The summed E-state index contributed by atoms with van der Waals surface area (Å²) >= 11 is 0. The fraction of sp³-hybridized carbons (Fsp3) is 0.600. The number of rotatable bonds is 3. The lowest BCUT2D eigenvalue weighted by molar-refractivity contribution is -0.148. The van der Waals surface area contributed by atoms with Crippen molar-refractivity contribution in [1.82, 2.24) is 15.1 Å². The topological polar surface area (TPSA) is 127 Å². The van der Waals surface area contributed by atoms with Gasteiger partial charge in [0.05, 0.1) is 12.6 Å². The lowest BCUT2D eigenvalue weighted by Crippen LogP contribution is -2.47. The van der Waals surface area contributed by atoms with Gasteiger partial charge in [-0.15, -0.1) is 0 Å². The molecule has 1 unspecified atom stereocenters. The van der Waals surface area contributed by atoms with Crippen molar-refractivity contribution in [3.63, 3.8) is 0 Å². The predicted molar refractivity (Wildman–Crippen MR) is 58.9 cm³/mol. The van der Waals surface area contributed by atoms with E-state index < -0.39 is 42.5 Å². The Morgan fingerprint density at radius 2 is 2.05 bits per heavy atom. The van der Waals surface area contributed by atoms with E-state index in [4.69, 9.17) is 5.11 Å². The molecule has 0 aromatic heterocycles. The molecule has 4 amide bonds. The maximum atomic E-state index is 11.9. The molecule has 0 aromatic rings. The smallest absolute Gasteiger partial charge is 0.326 e. The Morgan fingerprint density at radius 1 is 1.37 bits per heavy atom. The summed E-state index contributed by atoms with van der Waals surface area (Å²) in [5.74, 6) is -2.43. The number of carboxylic acids is 1. The summed E-state index contributed by atoms with van der Waals surface area (Å²) in [4.78, 5) is 47.2. The fourth-order valence-corrected chi connectivity index (χ4v) is 2.16. The molecule has 2 fully saturated rings. The molecule has 0 aromatic carbocycles. The van der Waals surface area contributed by atoms with Gasteiger partial charge in [0, 0.05) is 13.0 Å². The van der Waals surface area contributed by atoms with Crippen LogP contribution in [-0.2, 0) is 14.4 Å². The first-order valence-electron chi connectivity index (χ1n) is 5.68. The summed E-state index contributed by atoms with van der Waals surface area (Å²) < 4.78 is 0. The second-order valence-electron chi connectivity index (χ2n) is 4.43. The van der Waals surface area contributed by atoms with E-state index in [-0.39, 0.29) is 19.5 Å². The number of carbonyl (C=O) groups is 4. The molecule has 0 saturated carbocycles. The molecule has 19 heavy (non-hydrogen) atoms. The molecule has 0 radical (unpaired) electrons. The Morgan fingerprint density at radius 3 is 2.58 bits per heavy atom. The first-order chi connectivity index (χ1) is 8.90. The number of carboxylic acid groups (broad SMARTS) is 1. The highest BCUT2D eigenvalue weighted by molar-refractivity contribution is 6.04. The molecular weight excluding hydrogens is 258 g/mol. The second-order valence-corrected chi connectivity index (χ2v) is 4.43. The molecule has 2 heterocycles. The summed E-state index contributed by atoms with van der Waals surface area (Å²) in [6.45, 7) is -0.794. The summed E-state index contributed by atoms with van der Waals surface area (Å²) in [5, 5.41) is 20.6. The van der Waals surface area contributed by atoms with E-state index in [9.17, 15) is 24.3 Å². The van der Waals surface area contributed by atoms with E-state index in [0.29, 0.717) is 0 Å². The summed E-state index contributed by atoms with van der Waals surface area (Å²) in [5.41, 5.74) is 0. The predicted octanol–water partition coefficient (Wildman–Crippen LogP) is -2.42. The standard InChI is InChI=1S/C10H13N3O6/c14-5-1-6(9(17)18)12(3-5)8(16)4-13-7(15)2-11-10(13)19/h5-6,14H,1-4H2,(H,11,19)(H,17,18)/t5?,6-/m0/s1. The van der Waals surface area contributed by atoms with Crippen LogP contribution in [0.4, 0.5) is 4.79 Å². The zero-order valence-electron chi connectivity index (χ0n) is 9.90. The normalized spacial score (nSPS) is 26.8. The summed E-state index contributed by atoms with van der Waals surface area (Å²) in [6, 6.07) is -1.80. The van der Waals surface area contributed by atoms with Crippen LogP contribution in [0.2, 0.25) is 0 Å². The molecular formula is C10H13N3O6. The molecule has 9 heteroatoms. The first-order valence-corrected chi connectivity index (χ1v) is 5.68. The number of carbonyl (C=O) groups excluding carboxylic acids is 3. The maximum Gasteiger partial charge on any atom is 0.326 e. The highest BCUT2D eigenvalue weighted by atomic mass is 16.4. The molecule has 2 saturated heterocycles. The van der Waals surface area contributed by atoms with Gasteiger partial charge in [-0.25, -0.2) is 9.59 Å². The number of urea groups is 1. The summed E-state index contributed by atoms with van der Waals surface area (Å²) in [6.07, 6.45) is -0.963. The van der Waals surface area contributed by atoms with Crippen LogP contribution in [-0.4, -0.2) is 75.6 Å². The molecule has 0 spiro atoms. The van der Waals surface area contributed by atoms with E-state index in [1.54, 1.807) is 0 Å². The number of β-amino-alcohol motifs (C(OH)–C–C–N with tert-alkyl or cyclic N) is 1. The number of imide groups is 1. The number of aliphatic carboxylic acids is 1. The van der Waals surface area contributed by atoms with Gasteiger partial charge in [-0.3, -0.25) is 14.5 Å². The Kier molecular flexibility index (Phi) is 3.38. The van der Waals surface area contributed by atoms with Crippen LogP contribution in [0.1, 0.15) is 6.42 Å². The molecule has 2 aliphatic heterocycles. The molecule has 2 aliphatic rings. The third-order valence-corrected chi connectivity index (χ3v) is 3.11. The fourth-order valence-electron chi connectivity index (χ4n) is 2.16. The van der Waals surface area contributed by atoms with E-state index in [1.807, 2.05) is 0 Å². The van der Waals surface area contributed by atoms with Crippen LogP contribution < -0.4 is 5.32 Å². The summed E-state index contributed by atoms with van der Waals surface area (Å²) in [7, 11) is 0. The average Bonchev–Trinajstić information content (AvgIpc) is 2.87. The minimum absolute atomic E-state index is 0.0543. The van der Waals surface area contributed by atoms with Crippen molar-refractivity contribution >= 4 is 23.8 Å². The van der Waals surface area contributed by atoms with Crippen LogP contribution in [0.15, 0.2) is 0 Å². The molecule has 0 bridgehead atoms. The van der Waals surface area contributed by atoms with Gasteiger partial charge in [-0.1, -0.05) is 0 Å². The largest absolute Gasteiger partial charge is 0.480 e. The number of hydrogen-bond donors (Lipinski definition) is 3. The van der Waals surface area contributed by atoms with Gasteiger partial charge in [-0.2, -0.15) is 0 Å². The molecule has 0 aliphatic carbocycles. The zero-order valence-corrected chi connectivity index (χ0v) is 9.90. The van der Waals surface area contributed by atoms with Crippen LogP contribution in [0.3, 0.4) is 0 Å². The lowest BCUT2D eigenvalue weighted by atomic mass is 10.2.